The van der Waals surface area contributed by atoms with Gasteiger partial charge >= 0.3 is 23.9 Å². The van der Waals surface area contributed by atoms with Crippen molar-refractivity contribution in [1.82, 2.24) is 0 Å². The second-order valence-corrected chi connectivity index (χ2v) is 12.3. The maximum Gasteiger partial charge on any atom is 0.335 e. The fourth-order valence-corrected chi connectivity index (χ4v) is 5.17. The molecule has 0 aromatic carbocycles. The molecule has 0 aliphatic carbocycles. The van der Waals surface area contributed by atoms with E-state index in [4.69, 9.17) is 20.4 Å². The number of aliphatic carboxylic acids is 4. The third-order valence-corrected chi connectivity index (χ3v) is 7.92. The molecule has 8 nitrogen and oxygen atoms in total. The Hall–Kier alpha value is -2.90. The van der Waals surface area contributed by atoms with Crippen LogP contribution in [0.5, 0.6) is 0 Å². The molecule has 0 spiro atoms. The summed E-state index contributed by atoms with van der Waals surface area (Å²) in [6.07, 6.45) is 36.0. The van der Waals surface area contributed by atoms with Crippen LogP contribution in [-0.4, -0.2) is 44.3 Å². The zero-order valence-electron chi connectivity index (χ0n) is 29.1. The summed E-state index contributed by atoms with van der Waals surface area (Å²) in [7, 11) is 0. The Bertz CT molecular complexity index is 872. The van der Waals surface area contributed by atoms with Crippen LogP contribution in [0.15, 0.2) is 35.5 Å². The van der Waals surface area contributed by atoms with Gasteiger partial charge in [-0.15, -0.1) is 0 Å². The van der Waals surface area contributed by atoms with Crippen molar-refractivity contribution in [2.24, 2.45) is 0 Å². The van der Waals surface area contributed by atoms with E-state index in [0.717, 1.165) is 50.7 Å². The van der Waals surface area contributed by atoms with Gasteiger partial charge in [-0.3, -0.25) is 0 Å². The lowest BCUT2D eigenvalue weighted by Gasteiger charge is -2.03. The summed E-state index contributed by atoms with van der Waals surface area (Å²) in [5.74, 6) is -4.74. The van der Waals surface area contributed by atoms with Gasteiger partial charge in [0.1, 0.15) is 0 Å². The SMILES string of the molecule is CCCCCCCCCCCC/C(=C/C(=O)O)C(=O)O.CCCCCCCCCCCCCCCCC=C/C(=C/C(=O)O)C(=O)O. The summed E-state index contributed by atoms with van der Waals surface area (Å²) >= 11 is 0. The van der Waals surface area contributed by atoms with Gasteiger partial charge in [-0.25, -0.2) is 19.2 Å². The highest BCUT2D eigenvalue weighted by Gasteiger charge is 2.09. The smallest absolute Gasteiger partial charge is 0.335 e. The van der Waals surface area contributed by atoms with Crippen molar-refractivity contribution in [3.63, 3.8) is 0 Å². The average Bonchev–Trinajstić information content (AvgIpc) is 3.00. The van der Waals surface area contributed by atoms with Gasteiger partial charge in [-0.1, -0.05) is 167 Å². The number of carboxylic acid groups (broad SMARTS) is 4. The number of carboxylic acids is 4. The van der Waals surface area contributed by atoms with Crippen LogP contribution in [0, 0.1) is 0 Å². The number of hydrogen-bond acceptors (Lipinski definition) is 4. The second-order valence-electron chi connectivity index (χ2n) is 12.3. The normalized spacial score (nSPS) is 11.8. The van der Waals surface area contributed by atoms with E-state index in [-0.39, 0.29) is 11.1 Å². The van der Waals surface area contributed by atoms with Gasteiger partial charge in [0.05, 0.1) is 5.57 Å². The number of hydrogen-bond donors (Lipinski definition) is 4. The molecule has 0 aromatic heterocycles. The molecule has 0 fully saturated rings. The van der Waals surface area contributed by atoms with E-state index >= 15 is 0 Å². The minimum atomic E-state index is -1.23. The molecule has 0 saturated carbocycles. The van der Waals surface area contributed by atoms with E-state index in [1.54, 1.807) is 6.08 Å². The van der Waals surface area contributed by atoms with Crippen LogP contribution < -0.4 is 0 Å². The molecule has 4 N–H and O–H groups in total. The van der Waals surface area contributed by atoms with Crippen LogP contribution in [0.2, 0.25) is 0 Å². The van der Waals surface area contributed by atoms with Gasteiger partial charge in [-0.05, 0) is 25.7 Å². The highest BCUT2D eigenvalue weighted by atomic mass is 16.4. The zero-order valence-corrected chi connectivity index (χ0v) is 29.1. The quantitative estimate of drug-likeness (QED) is 0.0329. The molecule has 8 heteroatoms. The largest absolute Gasteiger partial charge is 0.478 e. The lowest BCUT2D eigenvalue weighted by atomic mass is 10.0. The van der Waals surface area contributed by atoms with Crippen molar-refractivity contribution < 1.29 is 39.6 Å². The molecular formula is C38H66O8. The minimum absolute atomic E-state index is 0.00272. The van der Waals surface area contributed by atoms with Crippen LogP contribution >= 0.6 is 0 Å². The highest BCUT2D eigenvalue weighted by molar-refractivity contribution is 5.97. The number of allylic oxidation sites excluding steroid dienone is 1. The predicted molar refractivity (Wildman–Crippen MR) is 187 cm³/mol. The highest BCUT2D eigenvalue weighted by Crippen LogP contribution is 2.15. The molecule has 266 valence electrons. The summed E-state index contributed by atoms with van der Waals surface area (Å²) in [5.41, 5.74) is -0.181. The Labute approximate surface area is 279 Å². The molecule has 0 saturated heterocycles. The van der Waals surface area contributed by atoms with Crippen molar-refractivity contribution in [2.45, 2.75) is 181 Å². The molecule has 0 bridgehead atoms. The molecule has 46 heavy (non-hydrogen) atoms. The first kappa shape index (κ1) is 45.2. The van der Waals surface area contributed by atoms with Gasteiger partial charge in [-0.2, -0.15) is 0 Å². The van der Waals surface area contributed by atoms with E-state index in [1.807, 2.05) is 0 Å². The lowest BCUT2D eigenvalue weighted by molar-refractivity contribution is -0.135. The molecule has 0 amide bonds. The molecule has 0 aliphatic rings. The van der Waals surface area contributed by atoms with E-state index in [2.05, 4.69) is 13.8 Å². The van der Waals surface area contributed by atoms with Gasteiger partial charge in [0.2, 0.25) is 0 Å². The Morgan fingerprint density at radius 3 is 1.11 bits per heavy atom. The molecule has 0 radical (unpaired) electrons. The average molecular weight is 651 g/mol. The van der Waals surface area contributed by atoms with Crippen LogP contribution in [-0.2, 0) is 19.2 Å². The Morgan fingerprint density at radius 1 is 0.435 bits per heavy atom. The van der Waals surface area contributed by atoms with Crippen molar-refractivity contribution in [3.05, 3.63) is 35.5 Å². The van der Waals surface area contributed by atoms with Crippen LogP contribution in [0.4, 0.5) is 0 Å². The fourth-order valence-electron chi connectivity index (χ4n) is 5.17. The van der Waals surface area contributed by atoms with Gasteiger partial charge in [0.25, 0.3) is 0 Å². The summed E-state index contributed by atoms with van der Waals surface area (Å²) < 4.78 is 0. The topological polar surface area (TPSA) is 149 Å². The van der Waals surface area contributed by atoms with Crippen LogP contribution in [0.3, 0.4) is 0 Å². The van der Waals surface area contributed by atoms with E-state index in [0.29, 0.717) is 6.42 Å². The Balaban J connectivity index is 0. The first-order valence-corrected chi connectivity index (χ1v) is 18.2. The van der Waals surface area contributed by atoms with Crippen molar-refractivity contribution in [3.8, 4) is 0 Å². The fraction of sp³-hybridized carbons (Fsp3) is 0.737. The number of rotatable bonds is 31. The molecule has 0 unspecified atom stereocenters. The monoisotopic (exact) mass is 650 g/mol. The molecule has 0 atom stereocenters. The lowest BCUT2D eigenvalue weighted by Crippen LogP contribution is -2.04. The zero-order chi connectivity index (χ0) is 34.7. The van der Waals surface area contributed by atoms with Gasteiger partial charge in [0, 0.05) is 17.7 Å². The third-order valence-electron chi connectivity index (χ3n) is 7.92. The predicted octanol–water partition coefficient (Wildman–Crippen LogP) is 10.9. The third kappa shape index (κ3) is 35.6. The van der Waals surface area contributed by atoms with Crippen molar-refractivity contribution in [2.75, 3.05) is 0 Å². The molecule has 0 rings (SSSR count). The van der Waals surface area contributed by atoms with Crippen molar-refractivity contribution in [1.29, 1.82) is 0 Å². The molecule has 0 aliphatic heterocycles. The number of carbonyl (C=O) groups is 4. The first-order valence-electron chi connectivity index (χ1n) is 18.2. The van der Waals surface area contributed by atoms with Gasteiger partial charge < -0.3 is 20.4 Å². The minimum Gasteiger partial charge on any atom is -0.478 e. The summed E-state index contributed by atoms with van der Waals surface area (Å²) in [5, 5.41) is 34.8. The molecule has 0 heterocycles. The molecule has 0 aromatic rings. The number of unbranched alkanes of at least 4 members (excludes halogenated alkanes) is 23. The van der Waals surface area contributed by atoms with E-state index in [9.17, 15) is 19.2 Å². The summed E-state index contributed by atoms with van der Waals surface area (Å²) in [4.78, 5) is 42.6. The molecular weight excluding hydrogens is 584 g/mol. The van der Waals surface area contributed by atoms with E-state index < -0.39 is 23.9 Å². The van der Waals surface area contributed by atoms with Crippen molar-refractivity contribution >= 4 is 23.9 Å². The maximum absolute atomic E-state index is 10.8. The van der Waals surface area contributed by atoms with Crippen LogP contribution in [0.1, 0.15) is 181 Å². The van der Waals surface area contributed by atoms with E-state index in [1.165, 1.54) is 128 Å². The first-order chi connectivity index (χ1) is 22.1. The Morgan fingerprint density at radius 2 is 0.783 bits per heavy atom. The summed E-state index contributed by atoms with van der Waals surface area (Å²) in [6, 6.07) is 0. The standard InChI is InChI=1S/C22H38O4.C16H28O4/c1-2-3-4-5-6-7-8-9-10-11-12-13-14-15-16-17-18-20(22(25)26)19-21(23)24;1-2-3-4-5-6-7-8-9-10-11-12-14(16(19)20)13-15(17)18/h17-19H,2-16H2,1H3,(H,23,24)(H,25,26);13H,2-12H2,1H3,(H,17,18)(H,19,20)/b18-17?,20-19-;14-13-. The summed E-state index contributed by atoms with van der Waals surface area (Å²) in [6.45, 7) is 4.47. The Kier molecular flexibility index (Phi) is 34.4. The van der Waals surface area contributed by atoms with Gasteiger partial charge in [0.15, 0.2) is 0 Å². The van der Waals surface area contributed by atoms with Crippen LogP contribution in [0.25, 0.3) is 0 Å². The maximum atomic E-state index is 10.8. The second kappa shape index (κ2) is 35.0.